The minimum atomic E-state index is -5.10. The lowest BCUT2D eigenvalue weighted by Gasteiger charge is -2.38. The Labute approximate surface area is 196 Å². The highest BCUT2D eigenvalue weighted by Crippen LogP contribution is 2.44. The molecule has 3 nitrogen and oxygen atoms in total. The second kappa shape index (κ2) is 11.1. The number of alkyl halides is 6. The molecule has 0 amide bonds. The van der Waals surface area contributed by atoms with E-state index < -0.39 is 23.6 Å². The minimum Gasteiger partial charge on any atom is -0.375 e. The molecule has 1 saturated heterocycles. The number of aromatic nitrogens is 2. The monoisotopic (exact) mass is 488 g/mol. The van der Waals surface area contributed by atoms with Crippen LogP contribution >= 0.6 is 0 Å². The Morgan fingerprint density at radius 3 is 2.35 bits per heavy atom. The van der Waals surface area contributed by atoms with E-state index in [-0.39, 0.29) is 17.6 Å². The Hall–Kier alpha value is -2.16. The summed E-state index contributed by atoms with van der Waals surface area (Å²) in [6.45, 7) is 2.75. The number of aryl methyl sites for hydroxylation is 1. The molecule has 2 aromatic heterocycles. The van der Waals surface area contributed by atoms with E-state index in [1.807, 2.05) is 19.2 Å². The number of halogens is 6. The largest absolute Gasteiger partial charge is 0.433 e. The lowest BCUT2D eigenvalue weighted by atomic mass is 9.83. The van der Waals surface area contributed by atoms with Crippen molar-refractivity contribution in [1.82, 2.24) is 9.97 Å². The van der Waals surface area contributed by atoms with Crippen LogP contribution in [0.3, 0.4) is 0 Å². The Bertz CT molecular complexity index is 908. The van der Waals surface area contributed by atoms with Gasteiger partial charge in [0, 0.05) is 30.6 Å². The van der Waals surface area contributed by atoms with Gasteiger partial charge in [0.15, 0.2) is 5.69 Å². The molecule has 0 aromatic carbocycles. The first-order chi connectivity index (χ1) is 16.0. The lowest BCUT2D eigenvalue weighted by Crippen LogP contribution is -2.36. The zero-order valence-corrected chi connectivity index (χ0v) is 19.2. The Balaban J connectivity index is 0.000000191. The second-order valence-corrected chi connectivity index (χ2v) is 9.02. The quantitative estimate of drug-likeness (QED) is 0.413. The van der Waals surface area contributed by atoms with Gasteiger partial charge in [-0.1, -0.05) is 32.3 Å². The molecule has 1 atom stereocenters. The summed E-state index contributed by atoms with van der Waals surface area (Å²) in [6, 6.07) is 6.79. The summed E-state index contributed by atoms with van der Waals surface area (Å²) < 4.78 is 80.9. The van der Waals surface area contributed by atoms with Crippen LogP contribution in [0.25, 0.3) is 0 Å². The molecular weight excluding hydrogens is 458 g/mol. The first-order valence-corrected chi connectivity index (χ1v) is 11.7. The topological polar surface area (TPSA) is 35.0 Å². The molecule has 0 N–H and O–H groups in total. The number of nitrogens with zero attached hydrogens (tertiary/aromatic N) is 2. The van der Waals surface area contributed by atoms with Gasteiger partial charge in [0.2, 0.25) is 0 Å². The van der Waals surface area contributed by atoms with Crippen molar-refractivity contribution in [2.24, 2.45) is 0 Å². The van der Waals surface area contributed by atoms with Crippen molar-refractivity contribution in [3.63, 3.8) is 0 Å². The number of ether oxygens (including phenoxy) is 1. The number of rotatable bonds is 4. The fraction of sp³-hybridized carbons (Fsp3) is 0.600. The molecule has 34 heavy (non-hydrogen) atoms. The standard InChI is InChI=1S/C14H19NO.C11H11F6N/c1-4-9-15-13(5-1)12-6-10-16-14(11-12)7-2-3-8-14;1-2-3-4-7-5-8(10(12,13)14)9(18-6-7)11(15,16)17/h1,4-5,9,12H,2-3,6-8,10-11H2;5-6H,2-4H2,1H3/t12-;/m1./s1. The van der Waals surface area contributed by atoms with Crippen LogP contribution in [0.1, 0.15) is 86.7 Å². The van der Waals surface area contributed by atoms with Gasteiger partial charge in [0.05, 0.1) is 11.2 Å². The van der Waals surface area contributed by atoms with Gasteiger partial charge in [-0.25, -0.2) is 0 Å². The summed E-state index contributed by atoms with van der Waals surface area (Å²) in [5, 5.41) is 0. The van der Waals surface area contributed by atoms with E-state index in [9.17, 15) is 26.3 Å². The molecule has 9 heteroatoms. The molecule has 4 rings (SSSR count). The van der Waals surface area contributed by atoms with Crippen molar-refractivity contribution in [2.75, 3.05) is 6.61 Å². The predicted molar refractivity (Wildman–Crippen MR) is 116 cm³/mol. The summed E-state index contributed by atoms with van der Waals surface area (Å²) in [5.41, 5.74) is -1.96. The van der Waals surface area contributed by atoms with Gasteiger partial charge in [0.25, 0.3) is 0 Å². The maximum atomic E-state index is 12.5. The summed E-state index contributed by atoms with van der Waals surface area (Å²) in [7, 11) is 0. The van der Waals surface area contributed by atoms with Gasteiger partial charge in [-0.05, 0) is 62.3 Å². The third kappa shape index (κ3) is 6.93. The summed E-state index contributed by atoms with van der Waals surface area (Å²) in [5.74, 6) is 0.619. The molecule has 1 aliphatic carbocycles. The lowest BCUT2D eigenvalue weighted by molar-refractivity contribution is -0.164. The van der Waals surface area contributed by atoms with Crippen molar-refractivity contribution < 1.29 is 31.1 Å². The van der Waals surface area contributed by atoms with E-state index in [1.165, 1.54) is 37.8 Å². The minimum absolute atomic E-state index is 0.164. The van der Waals surface area contributed by atoms with Crippen LogP contribution in [0.4, 0.5) is 26.3 Å². The Morgan fingerprint density at radius 2 is 1.76 bits per heavy atom. The zero-order chi connectivity index (χ0) is 24.8. The normalized spacial score (nSPS) is 20.1. The summed E-state index contributed by atoms with van der Waals surface area (Å²) >= 11 is 0. The molecule has 2 aromatic rings. The molecule has 188 valence electrons. The SMILES string of the molecule is CCCCc1cnc(C(F)(F)F)c(C(F)(F)F)c1.c1ccc([C@@H]2CCOC3(CCCC3)C2)nc1. The molecule has 0 unspecified atom stereocenters. The maximum absolute atomic E-state index is 12.5. The highest BCUT2D eigenvalue weighted by atomic mass is 19.4. The average Bonchev–Trinajstić information content (AvgIpc) is 3.24. The highest BCUT2D eigenvalue weighted by Gasteiger charge is 2.44. The van der Waals surface area contributed by atoms with E-state index in [0.29, 0.717) is 18.4 Å². The molecule has 1 spiro atoms. The summed E-state index contributed by atoms with van der Waals surface area (Å²) in [6.07, 6.45) is 1.75. The van der Waals surface area contributed by atoms with E-state index in [0.717, 1.165) is 25.6 Å². The maximum Gasteiger partial charge on any atom is 0.433 e. The van der Waals surface area contributed by atoms with Crippen LogP contribution in [-0.2, 0) is 23.5 Å². The van der Waals surface area contributed by atoms with Crippen molar-refractivity contribution >= 4 is 0 Å². The van der Waals surface area contributed by atoms with Gasteiger partial charge in [0.1, 0.15) is 0 Å². The van der Waals surface area contributed by atoms with Crippen LogP contribution < -0.4 is 0 Å². The van der Waals surface area contributed by atoms with Crippen LogP contribution in [0, 0.1) is 0 Å². The van der Waals surface area contributed by atoms with E-state index >= 15 is 0 Å². The van der Waals surface area contributed by atoms with Gasteiger partial charge >= 0.3 is 12.4 Å². The number of hydrogen-bond donors (Lipinski definition) is 0. The second-order valence-electron chi connectivity index (χ2n) is 9.02. The van der Waals surface area contributed by atoms with Crippen LogP contribution in [0.15, 0.2) is 36.7 Å². The van der Waals surface area contributed by atoms with Gasteiger partial charge in [-0.2, -0.15) is 26.3 Å². The van der Waals surface area contributed by atoms with Crippen molar-refractivity contribution in [1.29, 1.82) is 0 Å². The van der Waals surface area contributed by atoms with Crippen molar-refractivity contribution in [3.05, 3.63) is 59.2 Å². The predicted octanol–water partition coefficient (Wildman–Crippen LogP) is 7.75. The Kier molecular flexibility index (Phi) is 8.60. The first-order valence-electron chi connectivity index (χ1n) is 11.7. The fourth-order valence-corrected chi connectivity index (χ4v) is 4.73. The smallest absolute Gasteiger partial charge is 0.375 e. The molecule has 1 aliphatic heterocycles. The third-order valence-electron chi connectivity index (χ3n) is 6.45. The highest BCUT2D eigenvalue weighted by molar-refractivity contribution is 5.30. The molecule has 0 radical (unpaired) electrons. The van der Waals surface area contributed by atoms with Crippen LogP contribution in [-0.4, -0.2) is 22.2 Å². The van der Waals surface area contributed by atoms with Gasteiger partial charge in [-0.3, -0.25) is 9.97 Å². The molecule has 0 bridgehead atoms. The zero-order valence-electron chi connectivity index (χ0n) is 19.2. The number of unbranched alkanes of at least 4 members (excludes halogenated alkanes) is 1. The van der Waals surface area contributed by atoms with Gasteiger partial charge in [-0.15, -0.1) is 0 Å². The number of pyridine rings is 2. The molecule has 3 heterocycles. The van der Waals surface area contributed by atoms with Crippen LogP contribution in [0.5, 0.6) is 0 Å². The Morgan fingerprint density at radius 1 is 1.03 bits per heavy atom. The molecule has 1 saturated carbocycles. The molecule has 2 aliphatic rings. The van der Waals surface area contributed by atoms with Crippen LogP contribution in [0.2, 0.25) is 0 Å². The first kappa shape index (κ1) is 26.4. The van der Waals surface area contributed by atoms with E-state index in [4.69, 9.17) is 4.74 Å². The fourth-order valence-electron chi connectivity index (χ4n) is 4.73. The third-order valence-corrected chi connectivity index (χ3v) is 6.45. The van der Waals surface area contributed by atoms with Gasteiger partial charge < -0.3 is 4.74 Å². The number of hydrogen-bond acceptors (Lipinski definition) is 3. The molecular formula is C25H30F6N2O. The summed E-state index contributed by atoms with van der Waals surface area (Å²) in [4.78, 5) is 7.43. The van der Waals surface area contributed by atoms with E-state index in [2.05, 4.69) is 22.1 Å². The van der Waals surface area contributed by atoms with E-state index in [1.54, 1.807) is 0 Å². The van der Waals surface area contributed by atoms with Crippen molar-refractivity contribution in [2.45, 2.75) is 88.6 Å². The van der Waals surface area contributed by atoms with Crippen molar-refractivity contribution in [3.8, 4) is 0 Å². The average molecular weight is 489 g/mol. The molecule has 2 fully saturated rings.